The van der Waals surface area contributed by atoms with Gasteiger partial charge >= 0.3 is 0 Å². The Kier molecular flexibility index (Phi) is 3.11. The highest BCUT2D eigenvalue weighted by Gasteiger charge is 2.19. The number of likely N-dealkylation sites (tertiary alicyclic amines) is 1. The lowest BCUT2D eigenvalue weighted by Gasteiger charge is -2.27. The fourth-order valence-corrected chi connectivity index (χ4v) is 2.72. The molecule has 19 heavy (non-hydrogen) atoms. The number of benzene rings is 2. The molecule has 1 saturated heterocycles. The lowest BCUT2D eigenvalue weighted by Crippen LogP contribution is -2.35. The molecule has 1 heterocycles. The summed E-state index contributed by atoms with van der Waals surface area (Å²) in [6.45, 7) is 1.71. The molecule has 0 spiro atoms. The maximum absolute atomic E-state index is 12.6. The standard InChI is InChI=1S/C16H17NO2/c18-13-7-8-14-12(11-13)5-4-6-15(14)16(19)17-9-2-1-3-10-17/h4-8,11,18H,1-3,9-10H2. The molecule has 2 aromatic carbocycles. The van der Waals surface area contributed by atoms with Crippen LogP contribution in [0.25, 0.3) is 10.8 Å². The van der Waals surface area contributed by atoms with Gasteiger partial charge in [-0.25, -0.2) is 0 Å². The molecule has 1 aliphatic rings. The molecule has 0 radical (unpaired) electrons. The number of nitrogens with zero attached hydrogens (tertiary/aromatic N) is 1. The fourth-order valence-electron chi connectivity index (χ4n) is 2.72. The van der Waals surface area contributed by atoms with Gasteiger partial charge < -0.3 is 10.0 Å². The summed E-state index contributed by atoms with van der Waals surface area (Å²) in [4.78, 5) is 14.5. The number of amides is 1. The quantitative estimate of drug-likeness (QED) is 0.850. The van der Waals surface area contributed by atoms with Gasteiger partial charge in [-0.3, -0.25) is 4.79 Å². The Morgan fingerprint density at radius 2 is 1.84 bits per heavy atom. The Morgan fingerprint density at radius 3 is 2.63 bits per heavy atom. The van der Waals surface area contributed by atoms with Crippen molar-refractivity contribution >= 4 is 16.7 Å². The molecule has 0 aromatic heterocycles. The molecule has 98 valence electrons. The van der Waals surface area contributed by atoms with Crippen molar-refractivity contribution < 1.29 is 9.90 Å². The molecule has 1 amide bonds. The van der Waals surface area contributed by atoms with Crippen molar-refractivity contribution in [3.8, 4) is 5.75 Å². The molecular weight excluding hydrogens is 238 g/mol. The van der Waals surface area contributed by atoms with E-state index in [1.54, 1.807) is 12.1 Å². The number of carbonyl (C=O) groups excluding carboxylic acids is 1. The fraction of sp³-hybridized carbons (Fsp3) is 0.312. The van der Waals surface area contributed by atoms with Gasteiger partial charge in [-0.15, -0.1) is 0 Å². The normalized spacial score (nSPS) is 15.7. The van der Waals surface area contributed by atoms with Crippen LogP contribution >= 0.6 is 0 Å². The zero-order valence-corrected chi connectivity index (χ0v) is 10.8. The van der Waals surface area contributed by atoms with E-state index in [9.17, 15) is 9.90 Å². The van der Waals surface area contributed by atoms with Crippen LogP contribution in [-0.2, 0) is 0 Å². The molecule has 0 saturated carbocycles. The van der Waals surface area contributed by atoms with E-state index in [0.717, 1.165) is 42.3 Å². The van der Waals surface area contributed by atoms with Gasteiger partial charge in [0.1, 0.15) is 5.75 Å². The third-order valence-electron chi connectivity index (χ3n) is 3.74. The molecule has 1 N–H and O–H groups in total. The molecule has 0 unspecified atom stereocenters. The van der Waals surface area contributed by atoms with Crippen molar-refractivity contribution in [2.45, 2.75) is 19.3 Å². The van der Waals surface area contributed by atoms with Gasteiger partial charge in [-0.1, -0.05) is 12.1 Å². The Morgan fingerprint density at radius 1 is 1.05 bits per heavy atom. The van der Waals surface area contributed by atoms with E-state index in [2.05, 4.69) is 0 Å². The van der Waals surface area contributed by atoms with E-state index < -0.39 is 0 Å². The van der Waals surface area contributed by atoms with Crippen molar-refractivity contribution in [2.24, 2.45) is 0 Å². The first-order valence-electron chi connectivity index (χ1n) is 6.77. The summed E-state index contributed by atoms with van der Waals surface area (Å²) in [6.07, 6.45) is 3.40. The van der Waals surface area contributed by atoms with Gasteiger partial charge in [0.2, 0.25) is 0 Å². The maximum atomic E-state index is 12.6. The average molecular weight is 255 g/mol. The van der Waals surface area contributed by atoms with Crippen molar-refractivity contribution in [3.63, 3.8) is 0 Å². The van der Waals surface area contributed by atoms with Crippen LogP contribution in [0, 0.1) is 0 Å². The molecule has 3 heteroatoms. The number of hydrogen-bond donors (Lipinski definition) is 1. The number of carbonyl (C=O) groups is 1. The van der Waals surface area contributed by atoms with Crippen LogP contribution in [0.2, 0.25) is 0 Å². The van der Waals surface area contributed by atoms with Gasteiger partial charge in [0.25, 0.3) is 5.91 Å². The monoisotopic (exact) mass is 255 g/mol. The molecule has 3 nitrogen and oxygen atoms in total. The van der Waals surface area contributed by atoms with E-state index in [4.69, 9.17) is 0 Å². The minimum atomic E-state index is 0.107. The number of aromatic hydroxyl groups is 1. The van der Waals surface area contributed by atoms with Crippen LogP contribution in [0.5, 0.6) is 5.75 Å². The van der Waals surface area contributed by atoms with Crippen molar-refractivity contribution in [2.75, 3.05) is 13.1 Å². The molecule has 1 fully saturated rings. The summed E-state index contributed by atoms with van der Waals surface area (Å²) in [5.41, 5.74) is 0.736. The summed E-state index contributed by atoms with van der Waals surface area (Å²) in [6, 6.07) is 10.8. The van der Waals surface area contributed by atoms with Gasteiger partial charge in [0.05, 0.1) is 0 Å². The number of fused-ring (bicyclic) bond motifs is 1. The van der Waals surface area contributed by atoms with Crippen LogP contribution in [-0.4, -0.2) is 29.0 Å². The predicted molar refractivity (Wildman–Crippen MR) is 75.4 cm³/mol. The molecule has 0 aliphatic carbocycles. The van der Waals surface area contributed by atoms with Crippen LogP contribution in [0.1, 0.15) is 29.6 Å². The molecular formula is C16H17NO2. The van der Waals surface area contributed by atoms with Crippen LogP contribution in [0.15, 0.2) is 36.4 Å². The number of rotatable bonds is 1. The third kappa shape index (κ3) is 2.28. The van der Waals surface area contributed by atoms with E-state index in [1.807, 2.05) is 29.2 Å². The predicted octanol–water partition coefficient (Wildman–Crippen LogP) is 3.17. The first-order valence-corrected chi connectivity index (χ1v) is 6.77. The summed E-state index contributed by atoms with van der Waals surface area (Å²) < 4.78 is 0. The highest BCUT2D eigenvalue weighted by atomic mass is 16.3. The Balaban J connectivity index is 2.02. The smallest absolute Gasteiger partial charge is 0.254 e. The summed E-state index contributed by atoms with van der Waals surface area (Å²) >= 11 is 0. The number of hydrogen-bond acceptors (Lipinski definition) is 2. The highest BCUT2D eigenvalue weighted by Crippen LogP contribution is 2.25. The van der Waals surface area contributed by atoms with Crippen LogP contribution in [0.4, 0.5) is 0 Å². The molecule has 2 aromatic rings. The van der Waals surface area contributed by atoms with Crippen molar-refractivity contribution in [1.82, 2.24) is 4.90 Å². The molecule has 3 rings (SSSR count). The maximum Gasteiger partial charge on any atom is 0.254 e. The zero-order valence-electron chi connectivity index (χ0n) is 10.8. The van der Waals surface area contributed by atoms with E-state index >= 15 is 0 Å². The van der Waals surface area contributed by atoms with Gasteiger partial charge in [0.15, 0.2) is 0 Å². The first-order chi connectivity index (χ1) is 9.25. The largest absolute Gasteiger partial charge is 0.508 e. The van der Waals surface area contributed by atoms with Crippen LogP contribution in [0.3, 0.4) is 0 Å². The van der Waals surface area contributed by atoms with Crippen molar-refractivity contribution in [3.05, 3.63) is 42.0 Å². The Bertz CT molecular complexity index is 615. The third-order valence-corrected chi connectivity index (χ3v) is 3.74. The van der Waals surface area contributed by atoms with E-state index in [-0.39, 0.29) is 11.7 Å². The lowest BCUT2D eigenvalue weighted by atomic mass is 10.0. The minimum absolute atomic E-state index is 0.107. The molecule has 1 aliphatic heterocycles. The Labute approximate surface area is 112 Å². The molecule has 0 bridgehead atoms. The van der Waals surface area contributed by atoms with Crippen molar-refractivity contribution in [1.29, 1.82) is 0 Å². The highest BCUT2D eigenvalue weighted by molar-refractivity contribution is 6.07. The van der Waals surface area contributed by atoms with Gasteiger partial charge in [-0.05, 0) is 54.3 Å². The summed E-state index contributed by atoms with van der Waals surface area (Å²) in [5.74, 6) is 0.339. The van der Waals surface area contributed by atoms with Gasteiger partial charge in [0, 0.05) is 18.7 Å². The lowest BCUT2D eigenvalue weighted by molar-refractivity contribution is 0.0726. The second kappa shape index (κ2) is 4.92. The summed E-state index contributed by atoms with van der Waals surface area (Å²) in [5, 5.41) is 11.3. The van der Waals surface area contributed by atoms with Crippen LogP contribution < -0.4 is 0 Å². The van der Waals surface area contributed by atoms with Gasteiger partial charge in [-0.2, -0.15) is 0 Å². The minimum Gasteiger partial charge on any atom is -0.508 e. The zero-order chi connectivity index (χ0) is 13.2. The number of phenolic OH excluding ortho intramolecular Hbond substituents is 1. The second-order valence-corrected chi connectivity index (χ2v) is 5.06. The first kappa shape index (κ1) is 12.0. The summed E-state index contributed by atoms with van der Waals surface area (Å²) in [7, 11) is 0. The van der Waals surface area contributed by atoms with E-state index in [0.29, 0.717) is 0 Å². The van der Waals surface area contributed by atoms with E-state index in [1.165, 1.54) is 6.42 Å². The molecule has 0 atom stereocenters. The topological polar surface area (TPSA) is 40.5 Å². The number of phenols is 1. The average Bonchev–Trinajstić information content (AvgIpc) is 2.46. The second-order valence-electron chi connectivity index (χ2n) is 5.06. The number of piperidine rings is 1. The SMILES string of the molecule is O=C(c1cccc2cc(O)ccc12)N1CCCCC1. The Hall–Kier alpha value is -2.03.